The van der Waals surface area contributed by atoms with Gasteiger partial charge >= 0.3 is 6.18 Å². The Morgan fingerprint density at radius 1 is 1.00 bits per heavy atom. The maximum atomic E-state index is 12.8. The molecule has 4 nitrogen and oxygen atoms in total. The number of anilines is 1. The van der Waals surface area contributed by atoms with E-state index >= 15 is 0 Å². The van der Waals surface area contributed by atoms with Crippen LogP contribution in [0.2, 0.25) is 5.02 Å². The second kappa shape index (κ2) is 8.18. The zero-order valence-corrected chi connectivity index (χ0v) is 13.9. The van der Waals surface area contributed by atoms with Gasteiger partial charge in [0, 0.05) is 0 Å². The Morgan fingerprint density at radius 3 is 2.27 bits per heavy atom. The molecule has 26 heavy (non-hydrogen) atoms. The molecule has 0 saturated carbocycles. The van der Waals surface area contributed by atoms with Crippen molar-refractivity contribution in [3.63, 3.8) is 0 Å². The predicted octanol–water partition coefficient (Wildman–Crippen LogP) is 3.80. The molecular weight excluding hydrogens is 376 g/mol. The molecule has 0 heterocycles. The lowest BCUT2D eigenvalue weighted by molar-refractivity contribution is -0.137. The van der Waals surface area contributed by atoms with Crippen LogP contribution in [0.15, 0.2) is 42.5 Å². The molecule has 2 rings (SSSR count). The largest absolute Gasteiger partial charge is 0.416 e. The number of benzene rings is 2. The Labute approximate surface area is 151 Å². The van der Waals surface area contributed by atoms with Crippen LogP contribution in [-0.4, -0.2) is 18.4 Å². The van der Waals surface area contributed by atoms with E-state index < -0.39 is 35.9 Å². The van der Waals surface area contributed by atoms with E-state index in [1.165, 1.54) is 24.3 Å². The molecule has 0 fully saturated rings. The first-order chi connectivity index (χ1) is 12.1. The van der Waals surface area contributed by atoms with E-state index in [9.17, 15) is 27.2 Å². The van der Waals surface area contributed by atoms with Crippen molar-refractivity contribution in [1.82, 2.24) is 5.32 Å². The number of halogens is 5. The average Bonchev–Trinajstić information content (AvgIpc) is 2.56. The van der Waals surface area contributed by atoms with Gasteiger partial charge in [0.2, 0.25) is 11.8 Å². The fourth-order valence-corrected chi connectivity index (χ4v) is 2.19. The Hall–Kier alpha value is -2.61. The van der Waals surface area contributed by atoms with Crippen LogP contribution in [0.25, 0.3) is 0 Å². The highest BCUT2D eigenvalue weighted by atomic mass is 35.5. The van der Waals surface area contributed by atoms with Crippen molar-refractivity contribution in [2.24, 2.45) is 0 Å². The smallest absolute Gasteiger partial charge is 0.347 e. The van der Waals surface area contributed by atoms with Crippen LogP contribution in [0.3, 0.4) is 0 Å². The zero-order valence-electron chi connectivity index (χ0n) is 13.2. The molecular formula is C17H13ClF4N2O2. The zero-order chi connectivity index (χ0) is 19.3. The molecule has 0 aliphatic carbocycles. The summed E-state index contributed by atoms with van der Waals surface area (Å²) in [6, 6.07) is 7.78. The number of hydrogen-bond acceptors (Lipinski definition) is 2. The van der Waals surface area contributed by atoms with Crippen LogP contribution >= 0.6 is 11.6 Å². The van der Waals surface area contributed by atoms with E-state index in [1.54, 1.807) is 0 Å². The van der Waals surface area contributed by atoms with E-state index in [-0.39, 0.29) is 17.1 Å². The third-order valence-electron chi connectivity index (χ3n) is 3.29. The van der Waals surface area contributed by atoms with Gasteiger partial charge in [-0.1, -0.05) is 23.7 Å². The first-order valence-corrected chi connectivity index (χ1v) is 7.70. The second-order valence-electron chi connectivity index (χ2n) is 5.32. The summed E-state index contributed by atoms with van der Waals surface area (Å²) in [5, 5.41) is 4.47. The predicted molar refractivity (Wildman–Crippen MR) is 88.2 cm³/mol. The molecule has 0 saturated heterocycles. The van der Waals surface area contributed by atoms with Gasteiger partial charge in [-0.25, -0.2) is 4.39 Å². The number of rotatable bonds is 5. The fourth-order valence-electron chi connectivity index (χ4n) is 2.02. The Balaban J connectivity index is 1.90. The van der Waals surface area contributed by atoms with Crippen LogP contribution in [0.1, 0.15) is 11.1 Å². The number of amides is 2. The Morgan fingerprint density at radius 2 is 1.65 bits per heavy atom. The minimum Gasteiger partial charge on any atom is -0.347 e. The molecule has 9 heteroatoms. The summed E-state index contributed by atoms with van der Waals surface area (Å²) in [5.41, 5.74) is -0.623. The summed E-state index contributed by atoms with van der Waals surface area (Å²) in [7, 11) is 0. The molecule has 138 valence electrons. The number of carbonyl (C=O) groups is 2. The highest BCUT2D eigenvalue weighted by Crippen LogP contribution is 2.33. The van der Waals surface area contributed by atoms with E-state index in [0.29, 0.717) is 11.6 Å². The van der Waals surface area contributed by atoms with Gasteiger partial charge in [-0.3, -0.25) is 9.59 Å². The third-order valence-corrected chi connectivity index (χ3v) is 3.62. The number of carbonyl (C=O) groups excluding carboxylic acids is 2. The summed E-state index contributed by atoms with van der Waals surface area (Å²) < 4.78 is 50.8. The van der Waals surface area contributed by atoms with Crippen molar-refractivity contribution in [1.29, 1.82) is 0 Å². The summed E-state index contributed by atoms with van der Waals surface area (Å²) >= 11 is 5.77. The van der Waals surface area contributed by atoms with Gasteiger partial charge in [0.05, 0.1) is 29.2 Å². The summed E-state index contributed by atoms with van der Waals surface area (Å²) in [5.74, 6) is -1.67. The highest BCUT2D eigenvalue weighted by molar-refractivity contribution is 6.33. The van der Waals surface area contributed by atoms with Gasteiger partial charge in [-0.2, -0.15) is 13.2 Å². The van der Waals surface area contributed by atoms with Crippen molar-refractivity contribution >= 4 is 29.1 Å². The fraction of sp³-hybridized carbons (Fsp3) is 0.176. The topological polar surface area (TPSA) is 58.2 Å². The maximum Gasteiger partial charge on any atom is 0.416 e. The van der Waals surface area contributed by atoms with Crippen molar-refractivity contribution in [3.05, 3.63) is 64.4 Å². The first kappa shape index (κ1) is 19.7. The maximum absolute atomic E-state index is 12.8. The lowest BCUT2D eigenvalue weighted by Crippen LogP contribution is -2.33. The van der Waals surface area contributed by atoms with Gasteiger partial charge in [0.25, 0.3) is 0 Å². The lowest BCUT2D eigenvalue weighted by atomic mass is 10.1. The molecule has 2 aromatic rings. The van der Waals surface area contributed by atoms with Crippen molar-refractivity contribution in [2.75, 3.05) is 11.9 Å². The minimum atomic E-state index is -4.58. The Bertz CT molecular complexity index is 807. The lowest BCUT2D eigenvalue weighted by Gasteiger charge is -2.12. The summed E-state index contributed by atoms with van der Waals surface area (Å²) in [6.45, 7) is -0.452. The van der Waals surface area contributed by atoms with E-state index in [0.717, 1.165) is 12.1 Å². The molecule has 0 aliphatic rings. The summed E-state index contributed by atoms with van der Waals surface area (Å²) in [4.78, 5) is 23.6. The molecule has 2 amide bonds. The highest BCUT2D eigenvalue weighted by Gasteiger charge is 2.31. The molecule has 0 aliphatic heterocycles. The third kappa shape index (κ3) is 5.73. The standard InChI is InChI=1S/C17H13ClF4N2O2/c18-13-6-3-11(17(20,21)22)8-14(13)24-16(26)9-23-15(25)7-10-1-4-12(19)5-2-10/h1-6,8H,7,9H2,(H,23,25)(H,24,26). The van der Waals surface area contributed by atoms with Crippen LogP contribution in [0.4, 0.5) is 23.2 Å². The van der Waals surface area contributed by atoms with Crippen LogP contribution < -0.4 is 10.6 Å². The first-order valence-electron chi connectivity index (χ1n) is 7.33. The van der Waals surface area contributed by atoms with Crippen molar-refractivity contribution in [3.8, 4) is 0 Å². The summed E-state index contributed by atoms with van der Waals surface area (Å²) in [6.07, 6.45) is -4.65. The molecule has 0 radical (unpaired) electrons. The van der Waals surface area contributed by atoms with Gasteiger partial charge in [0.1, 0.15) is 5.82 Å². The molecule has 0 bridgehead atoms. The normalized spacial score (nSPS) is 11.1. The van der Waals surface area contributed by atoms with Gasteiger partial charge in [0.15, 0.2) is 0 Å². The monoisotopic (exact) mass is 388 g/mol. The van der Waals surface area contributed by atoms with E-state index in [1.807, 2.05) is 0 Å². The molecule has 2 N–H and O–H groups in total. The number of nitrogens with one attached hydrogen (secondary N) is 2. The molecule has 0 atom stereocenters. The molecule has 0 unspecified atom stereocenters. The van der Waals surface area contributed by atoms with Crippen molar-refractivity contribution in [2.45, 2.75) is 12.6 Å². The SMILES string of the molecule is O=C(Cc1ccc(F)cc1)NCC(=O)Nc1cc(C(F)(F)F)ccc1Cl. The van der Waals surface area contributed by atoms with Crippen molar-refractivity contribution < 1.29 is 27.2 Å². The average molecular weight is 389 g/mol. The number of hydrogen-bond donors (Lipinski definition) is 2. The van der Waals surface area contributed by atoms with Crippen LogP contribution in [0.5, 0.6) is 0 Å². The van der Waals surface area contributed by atoms with Crippen LogP contribution in [0, 0.1) is 5.82 Å². The molecule has 2 aromatic carbocycles. The van der Waals surface area contributed by atoms with Gasteiger partial charge < -0.3 is 10.6 Å². The molecule has 0 aromatic heterocycles. The van der Waals surface area contributed by atoms with Crippen LogP contribution in [-0.2, 0) is 22.2 Å². The number of alkyl halides is 3. The van der Waals surface area contributed by atoms with Gasteiger partial charge in [-0.15, -0.1) is 0 Å². The van der Waals surface area contributed by atoms with E-state index in [2.05, 4.69) is 10.6 Å². The Kier molecular flexibility index (Phi) is 6.20. The minimum absolute atomic E-state index is 0.0658. The second-order valence-corrected chi connectivity index (χ2v) is 5.73. The quantitative estimate of drug-likeness (QED) is 0.766. The van der Waals surface area contributed by atoms with Gasteiger partial charge in [-0.05, 0) is 35.9 Å². The molecule has 0 spiro atoms. The van der Waals surface area contributed by atoms with E-state index in [4.69, 9.17) is 11.6 Å².